The fourth-order valence-corrected chi connectivity index (χ4v) is 20.0. The zero-order valence-electron chi connectivity index (χ0n) is 69.3. The van der Waals surface area contributed by atoms with Gasteiger partial charge >= 0.3 is 35.1 Å². The highest BCUT2D eigenvalue weighted by Crippen LogP contribution is 2.59. The van der Waals surface area contributed by atoms with Gasteiger partial charge in [0.2, 0.25) is 33.3 Å². The number of benzene rings is 4. The normalized spacial score (nSPS) is 15.7. The molecule has 0 saturated heterocycles. The summed E-state index contributed by atoms with van der Waals surface area (Å²) in [5.74, 6) is -2.56. The van der Waals surface area contributed by atoms with Gasteiger partial charge in [-0.3, -0.25) is 0 Å². The molecule has 0 aromatic heterocycles. The van der Waals surface area contributed by atoms with Crippen LogP contribution < -0.4 is 35.8 Å². The Balaban J connectivity index is 2.18. The predicted octanol–water partition coefficient (Wildman–Crippen LogP) is 35.2. The average Bonchev–Trinajstić information content (AvgIpc) is 0.744. The molecular weight excluding hydrogens is 1530 g/mol. The van der Waals surface area contributed by atoms with Crippen molar-refractivity contribution in [3.8, 4) is 46.0 Å². The molecule has 0 N–H and O–H groups in total. The molecule has 616 valence electrons. The molecule has 0 heterocycles. The second kappa shape index (κ2) is 49.9. The first-order chi connectivity index (χ1) is 51.3. The average molecular weight is 1670 g/mol. The van der Waals surface area contributed by atoms with E-state index in [1.165, 1.54) is 25.7 Å². The van der Waals surface area contributed by atoms with Crippen LogP contribution in [0.2, 0.25) is 78.6 Å². The molecule has 8 bridgehead atoms. The first kappa shape index (κ1) is 95.9. The van der Waals surface area contributed by atoms with Gasteiger partial charge in [-0.15, -0.1) is 33.6 Å². The lowest BCUT2D eigenvalue weighted by Gasteiger charge is -2.34. The van der Waals surface area contributed by atoms with E-state index in [0.717, 1.165) is 180 Å². The molecular formula is C84H140F8O8P4Si4. The van der Waals surface area contributed by atoms with Gasteiger partial charge in [-0.1, -0.05) is 259 Å². The van der Waals surface area contributed by atoms with E-state index in [9.17, 15) is 0 Å². The molecule has 1 aliphatic carbocycles. The number of hydrogen-bond acceptors (Lipinski definition) is 8. The third kappa shape index (κ3) is 36.0. The Morgan fingerprint density at radius 2 is 0.352 bits per heavy atom. The highest BCUT2D eigenvalue weighted by molar-refractivity contribution is 7.41. The van der Waals surface area contributed by atoms with Crippen molar-refractivity contribution in [1.29, 1.82) is 0 Å². The van der Waals surface area contributed by atoms with E-state index in [0.29, 0.717) is 95.9 Å². The molecule has 4 aromatic rings. The van der Waals surface area contributed by atoms with Crippen LogP contribution in [0.15, 0.2) is 48.5 Å². The molecule has 0 fully saturated rings. The summed E-state index contributed by atoms with van der Waals surface area (Å²) >= 11 is 0. The molecule has 24 heteroatoms. The highest BCUT2D eigenvalue weighted by Gasteiger charge is 2.39. The number of fused-ring (bicyclic) bond motifs is 8. The van der Waals surface area contributed by atoms with E-state index in [1.54, 1.807) is 24.3 Å². The maximum atomic E-state index is 15.9. The summed E-state index contributed by atoms with van der Waals surface area (Å²) in [7, 11) is -27.3. The van der Waals surface area contributed by atoms with Crippen molar-refractivity contribution in [2.75, 3.05) is 0 Å². The Kier molecular flexibility index (Phi) is 44.3. The van der Waals surface area contributed by atoms with E-state index in [1.807, 2.05) is 103 Å². The van der Waals surface area contributed by atoms with E-state index >= 15 is 33.6 Å². The van der Waals surface area contributed by atoms with Crippen molar-refractivity contribution in [2.24, 2.45) is 0 Å². The Morgan fingerprint density at radius 3 is 0.491 bits per heavy atom. The summed E-state index contributed by atoms with van der Waals surface area (Å²) < 4.78 is 180. The van der Waals surface area contributed by atoms with Crippen molar-refractivity contribution >= 4 is 68.3 Å². The highest BCUT2D eigenvalue weighted by atomic mass is 31.2. The van der Waals surface area contributed by atoms with Gasteiger partial charge in [0.15, 0.2) is 0 Å². The molecule has 0 aliphatic heterocycles. The van der Waals surface area contributed by atoms with Crippen molar-refractivity contribution in [1.82, 2.24) is 0 Å². The third-order valence-corrected chi connectivity index (χ3v) is 25.0. The van der Waals surface area contributed by atoms with Gasteiger partial charge in [0.1, 0.15) is 46.0 Å². The Labute approximate surface area is 659 Å². The van der Waals surface area contributed by atoms with Crippen molar-refractivity contribution in [2.45, 2.75) is 387 Å². The fourth-order valence-electron chi connectivity index (χ4n) is 15.4. The molecule has 108 heavy (non-hydrogen) atoms. The van der Waals surface area contributed by atoms with Gasteiger partial charge < -0.3 is 35.8 Å². The van der Waals surface area contributed by atoms with Crippen LogP contribution >= 0.6 is 35.1 Å². The number of rotatable bonds is 56. The zero-order valence-corrected chi connectivity index (χ0v) is 76.9. The smallest absolute Gasteiger partial charge is 0.481 e. The van der Waals surface area contributed by atoms with Gasteiger partial charge in [0.05, 0.1) is 0 Å². The molecule has 0 spiro atoms. The molecule has 0 saturated carbocycles. The van der Waals surface area contributed by atoms with Crippen LogP contribution in [-0.2, 0) is 0 Å². The summed E-state index contributed by atoms with van der Waals surface area (Å²) in [6, 6.07) is 14.1. The summed E-state index contributed by atoms with van der Waals surface area (Å²) in [6.07, 6.45) is 37.8. The van der Waals surface area contributed by atoms with Crippen molar-refractivity contribution in [3.05, 3.63) is 93.0 Å². The largest absolute Gasteiger partial charge is 0.544 e. The molecule has 5 rings (SSSR count). The Morgan fingerprint density at radius 1 is 0.213 bits per heavy atom. The molecule has 8 nitrogen and oxygen atoms in total. The van der Waals surface area contributed by atoms with Gasteiger partial charge in [0.25, 0.3) is 0 Å². The lowest BCUT2D eigenvalue weighted by Crippen LogP contribution is -2.31. The SMILES string of the molecule is CCCCCCCCCCCC1c2cc(c(O[Si](C)(C)C)cc2OP(F)F)C(CCCCCCCCCCC)c2cc(c(O[Si](C)(C)C)cc2OP(F)F)C(CCCCCCCCCCC)c2cc(c(O[Si](C)(C)C)cc2OP(F)F)C(CCCCCCCCCCC)c2cc1c(O[Si](C)(C)C)cc2OP(F)F. The van der Waals surface area contributed by atoms with Gasteiger partial charge in [-0.05, 0) is 129 Å². The van der Waals surface area contributed by atoms with Crippen molar-refractivity contribution < 1.29 is 69.4 Å². The van der Waals surface area contributed by atoms with E-state index in [2.05, 4.69) is 27.7 Å². The van der Waals surface area contributed by atoms with Crippen LogP contribution in [0, 0.1) is 0 Å². The molecule has 4 aromatic carbocycles. The first-order valence-corrected chi connectivity index (χ1v) is 59.7. The molecule has 4 atom stereocenters. The van der Waals surface area contributed by atoms with Crippen LogP contribution in [0.4, 0.5) is 33.6 Å². The summed E-state index contributed by atoms with van der Waals surface area (Å²) in [5.41, 5.74) is 3.85. The zero-order chi connectivity index (χ0) is 79.5. The van der Waals surface area contributed by atoms with Gasteiger partial charge in [0, 0.05) is 92.4 Å². The molecule has 1 aliphatic rings. The molecule has 4 unspecified atom stereocenters. The van der Waals surface area contributed by atoms with Crippen LogP contribution in [0.3, 0.4) is 0 Å². The minimum absolute atomic E-state index is 0.102. The first-order valence-electron chi connectivity index (χ1n) is 41.9. The van der Waals surface area contributed by atoms with Gasteiger partial charge in [-0.25, -0.2) is 0 Å². The quantitative estimate of drug-likeness (QED) is 0.0187. The predicted molar refractivity (Wildman–Crippen MR) is 455 cm³/mol. The minimum atomic E-state index is -4.08. The lowest BCUT2D eigenvalue weighted by molar-refractivity contribution is 0.470. The van der Waals surface area contributed by atoms with E-state index < -0.39 is 92.0 Å². The van der Waals surface area contributed by atoms with E-state index in [-0.39, 0.29) is 46.0 Å². The minimum Gasteiger partial charge on any atom is -0.544 e. The maximum Gasteiger partial charge on any atom is 0.481 e. The Bertz CT molecular complexity index is 2780. The fraction of sp³-hybridized carbons (Fsp3) is 0.714. The second-order valence-electron chi connectivity index (χ2n) is 34.4. The third-order valence-electron chi connectivity index (χ3n) is 20.3. The Hall–Kier alpha value is -2.69. The monoisotopic (exact) mass is 1660 g/mol. The van der Waals surface area contributed by atoms with Crippen molar-refractivity contribution in [3.63, 3.8) is 0 Å². The number of halogens is 8. The lowest BCUT2D eigenvalue weighted by atomic mass is 9.76. The summed E-state index contributed by atoms with van der Waals surface area (Å²) in [4.78, 5) is 0. The maximum absolute atomic E-state index is 15.9. The van der Waals surface area contributed by atoms with Crippen LogP contribution in [0.1, 0.15) is 353 Å². The molecule has 0 radical (unpaired) electrons. The van der Waals surface area contributed by atoms with Crippen LogP contribution in [0.25, 0.3) is 0 Å². The number of unbranched alkanes of at least 4 members (excludes halogenated alkanes) is 32. The topological polar surface area (TPSA) is 73.8 Å². The summed E-state index contributed by atoms with van der Waals surface area (Å²) in [5, 5.41) is 0. The van der Waals surface area contributed by atoms with Gasteiger partial charge in [-0.2, -0.15) is 0 Å². The molecule has 0 amide bonds. The number of hydrogen-bond donors (Lipinski definition) is 0. The summed E-state index contributed by atoms with van der Waals surface area (Å²) in [6.45, 7) is 33.0. The second-order valence-corrected chi connectivity index (χ2v) is 54.5. The van der Waals surface area contributed by atoms with Crippen LogP contribution in [0.5, 0.6) is 46.0 Å². The van der Waals surface area contributed by atoms with Crippen LogP contribution in [-0.4, -0.2) is 33.3 Å². The van der Waals surface area contributed by atoms with E-state index in [4.69, 9.17) is 35.8 Å². The standard InChI is InChI=1S/C84H140F8O8P4Si4/c1-17-21-25-29-33-37-41-45-49-53-65-69-57-74(82(98-106(8,9)10)61-77(69)93-101(85)86)67(55-51-47-43-39-35-31-27-23-19-3)71-59-76(84(100-108(14,15)16)63-79(71)95-103(89)90)68(56-52-48-44-40-36-32-28-24-20-4)72-60-75(83(99-107(11,12)13)64-80(72)96-104(91)92)66(54-50-46-42-38-34-30-26-22-18-2)70-58-73(65)81(97-105(5,6)7)62-78(70)94-102(87)88/h57-68H,17-56H2,1-16H3.